The third kappa shape index (κ3) is 9.50. The summed E-state index contributed by atoms with van der Waals surface area (Å²) in [5.41, 5.74) is 4.21. The van der Waals surface area contributed by atoms with E-state index in [0.29, 0.717) is 31.0 Å². The van der Waals surface area contributed by atoms with Gasteiger partial charge in [0.15, 0.2) is 0 Å². The van der Waals surface area contributed by atoms with Crippen LogP contribution in [0.15, 0.2) is 103 Å². The molecule has 0 unspecified atom stereocenters. The molecular weight excluding hydrogens is 530 g/mol. The molecule has 42 heavy (non-hydrogen) atoms. The number of nitrogens with zero attached hydrogens (tertiary/aromatic N) is 2. The van der Waals surface area contributed by atoms with Crippen LogP contribution in [0.3, 0.4) is 0 Å². The second kappa shape index (κ2) is 16.8. The van der Waals surface area contributed by atoms with Crippen molar-refractivity contribution in [1.29, 1.82) is 0 Å². The molecule has 0 radical (unpaired) electrons. The summed E-state index contributed by atoms with van der Waals surface area (Å²) in [6.07, 6.45) is 1.47. The Morgan fingerprint density at radius 1 is 0.571 bits per heavy atom. The molecule has 4 aromatic rings. The van der Waals surface area contributed by atoms with Gasteiger partial charge in [0, 0.05) is 32.3 Å². The molecule has 1 heterocycles. The number of nitrogens with one attached hydrogen (secondary N) is 3. The Labute approximate surface area is 247 Å². The molecular formula is C33H41N5O4. The minimum absolute atomic E-state index is 0.197. The lowest BCUT2D eigenvalue weighted by Gasteiger charge is -2.30. The van der Waals surface area contributed by atoms with Gasteiger partial charge in [0.2, 0.25) is 0 Å². The Morgan fingerprint density at radius 2 is 1.05 bits per heavy atom. The molecule has 0 aliphatic carbocycles. The largest absolute Gasteiger partial charge is 0.395 e. The number of aliphatic hydroxyl groups is 4. The van der Waals surface area contributed by atoms with Crippen molar-refractivity contribution in [1.82, 2.24) is 25.9 Å². The summed E-state index contributed by atoms with van der Waals surface area (Å²) in [7, 11) is 0. The van der Waals surface area contributed by atoms with Gasteiger partial charge in [0.05, 0.1) is 61.1 Å². The van der Waals surface area contributed by atoms with Crippen LogP contribution in [0.5, 0.6) is 0 Å². The van der Waals surface area contributed by atoms with Gasteiger partial charge in [-0.15, -0.1) is 0 Å². The van der Waals surface area contributed by atoms with Crippen molar-refractivity contribution in [3.8, 4) is 0 Å². The van der Waals surface area contributed by atoms with Gasteiger partial charge in [0.1, 0.15) is 0 Å². The van der Waals surface area contributed by atoms with E-state index >= 15 is 0 Å². The van der Waals surface area contributed by atoms with Crippen molar-refractivity contribution in [2.75, 3.05) is 13.2 Å². The first-order valence-electron chi connectivity index (χ1n) is 14.3. The molecule has 1 aromatic heterocycles. The van der Waals surface area contributed by atoms with Crippen molar-refractivity contribution in [3.05, 3.63) is 131 Å². The van der Waals surface area contributed by atoms with E-state index in [-0.39, 0.29) is 19.6 Å². The lowest BCUT2D eigenvalue weighted by atomic mass is 9.99. The van der Waals surface area contributed by atoms with E-state index < -0.39 is 30.3 Å². The number of benzene rings is 3. The fraction of sp³-hybridized carbons (Fsp3) is 0.333. The summed E-state index contributed by atoms with van der Waals surface area (Å²) in [6.45, 7) is 0.988. The van der Waals surface area contributed by atoms with E-state index in [1.165, 1.54) is 0 Å². The van der Waals surface area contributed by atoms with Crippen LogP contribution in [0.2, 0.25) is 0 Å². The molecule has 7 N–H and O–H groups in total. The van der Waals surface area contributed by atoms with Crippen LogP contribution in [0.1, 0.15) is 34.1 Å². The summed E-state index contributed by atoms with van der Waals surface area (Å²) >= 11 is 0. The minimum Gasteiger partial charge on any atom is -0.395 e. The van der Waals surface area contributed by atoms with Crippen LogP contribution < -0.4 is 16.0 Å². The fourth-order valence-electron chi connectivity index (χ4n) is 4.75. The fourth-order valence-corrected chi connectivity index (χ4v) is 4.75. The monoisotopic (exact) mass is 571 g/mol. The predicted octanol–water partition coefficient (Wildman–Crippen LogP) is 1.87. The summed E-state index contributed by atoms with van der Waals surface area (Å²) in [4.78, 5) is 9.12. The number of rotatable bonds is 17. The highest BCUT2D eigenvalue weighted by molar-refractivity contribution is 5.18. The molecule has 0 saturated heterocycles. The van der Waals surface area contributed by atoms with E-state index in [4.69, 9.17) is 0 Å². The Hall–Kier alpha value is -3.54. The molecule has 9 heteroatoms. The van der Waals surface area contributed by atoms with Crippen molar-refractivity contribution >= 4 is 0 Å². The molecule has 0 fully saturated rings. The predicted molar refractivity (Wildman–Crippen MR) is 162 cm³/mol. The highest BCUT2D eigenvalue weighted by atomic mass is 16.3. The zero-order valence-corrected chi connectivity index (χ0v) is 23.6. The summed E-state index contributed by atoms with van der Waals surface area (Å²) in [5.74, 6) is 0. The topological polar surface area (TPSA) is 143 Å². The highest BCUT2D eigenvalue weighted by Crippen LogP contribution is 2.19. The molecule has 3 aromatic carbocycles. The number of aliphatic hydroxyl groups excluding tert-OH is 4. The van der Waals surface area contributed by atoms with E-state index in [1.807, 2.05) is 91.0 Å². The van der Waals surface area contributed by atoms with Crippen molar-refractivity contribution < 1.29 is 20.4 Å². The van der Waals surface area contributed by atoms with Crippen LogP contribution in [0, 0.1) is 0 Å². The average molecular weight is 572 g/mol. The standard InChI is InChI=1S/C33H41N5O4/c39-22-29(35-17-24-10-4-1-5-11-24)31(41)16-27-20-37-28(21-34-27)32(38-19-26-14-8-3-9-15-26)33(42)30(23-40)36-18-25-12-6-2-7-13-25/h1-15,20-21,29-33,35-36,38-42H,16-19,22-23H2/t29-,30-,31+,32-,33-/m1/s1. The number of hydrogen-bond acceptors (Lipinski definition) is 9. The van der Waals surface area contributed by atoms with Gasteiger partial charge in [-0.05, 0) is 16.7 Å². The average Bonchev–Trinajstić information content (AvgIpc) is 3.04. The molecule has 0 aliphatic heterocycles. The normalized spacial score (nSPS) is 15.0. The van der Waals surface area contributed by atoms with Gasteiger partial charge in [0.25, 0.3) is 0 Å². The molecule has 0 spiro atoms. The smallest absolute Gasteiger partial charge is 0.0926 e. The quantitative estimate of drug-likeness (QED) is 0.101. The third-order valence-corrected chi connectivity index (χ3v) is 7.27. The Bertz CT molecular complexity index is 1280. The first-order chi connectivity index (χ1) is 20.6. The molecule has 0 amide bonds. The van der Waals surface area contributed by atoms with Crippen molar-refractivity contribution in [2.24, 2.45) is 0 Å². The summed E-state index contributed by atoms with van der Waals surface area (Å²) in [6, 6.07) is 27.6. The molecule has 0 bridgehead atoms. The second-order valence-electron chi connectivity index (χ2n) is 10.3. The number of hydrogen-bond donors (Lipinski definition) is 7. The first kappa shape index (κ1) is 31.4. The van der Waals surface area contributed by atoms with Gasteiger partial charge in [-0.1, -0.05) is 91.0 Å². The first-order valence-corrected chi connectivity index (χ1v) is 14.3. The summed E-state index contributed by atoms with van der Waals surface area (Å²) < 4.78 is 0. The Kier molecular flexibility index (Phi) is 12.6. The van der Waals surface area contributed by atoms with Gasteiger partial charge in [-0.25, -0.2) is 0 Å². The Morgan fingerprint density at radius 3 is 1.50 bits per heavy atom. The zero-order valence-electron chi connectivity index (χ0n) is 23.6. The van der Waals surface area contributed by atoms with E-state index in [0.717, 1.165) is 16.7 Å². The van der Waals surface area contributed by atoms with Gasteiger partial charge >= 0.3 is 0 Å². The van der Waals surface area contributed by atoms with Crippen molar-refractivity contribution in [3.63, 3.8) is 0 Å². The van der Waals surface area contributed by atoms with Gasteiger partial charge in [-0.2, -0.15) is 0 Å². The summed E-state index contributed by atoms with van der Waals surface area (Å²) in [5, 5.41) is 52.1. The van der Waals surface area contributed by atoms with Crippen molar-refractivity contribution in [2.45, 2.75) is 56.4 Å². The maximum atomic E-state index is 11.4. The molecule has 4 rings (SSSR count). The molecule has 0 saturated carbocycles. The van der Waals surface area contributed by atoms with Gasteiger partial charge in [-0.3, -0.25) is 9.97 Å². The lowest BCUT2D eigenvalue weighted by Crippen LogP contribution is -2.49. The Balaban J connectivity index is 1.43. The maximum Gasteiger partial charge on any atom is 0.0926 e. The SMILES string of the molecule is OC[C@@H](NCc1ccccc1)[C@@H](O)[C@H](NCc1ccccc1)c1cnc(C[C@H](O)[C@@H](CO)NCc2ccccc2)cn1. The van der Waals surface area contributed by atoms with Crippen LogP contribution in [0.25, 0.3) is 0 Å². The van der Waals surface area contributed by atoms with Gasteiger partial charge < -0.3 is 36.4 Å². The third-order valence-electron chi connectivity index (χ3n) is 7.27. The molecule has 9 nitrogen and oxygen atoms in total. The van der Waals surface area contributed by atoms with E-state index in [2.05, 4.69) is 25.9 Å². The molecule has 222 valence electrons. The van der Waals surface area contributed by atoms with E-state index in [1.54, 1.807) is 12.4 Å². The second-order valence-corrected chi connectivity index (χ2v) is 10.3. The lowest BCUT2D eigenvalue weighted by molar-refractivity contribution is 0.0557. The van der Waals surface area contributed by atoms with Crippen LogP contribution in [-0.2, 0) is 26.1 Å². The molecule has 5 atom stereocenters. The maximum absolute atomic E-state index is 11.4. The zero-order chi connectivity index (χ0) is 29.6. The van der Waals surface area contributed by atoms with Crippen LogP contribution in [0.4, 0.5) is 0 Å². The van der Waals surface area contributed by atoms with Crippen LogP contribution >= 0.6 is 0 Å². The minimum atomic E-state index is -1.02. The molecule has 0 aliphatic rings. The number of aromatic nitrogens is 2. The van der Waals surface area contributed by atoms with E-state index in [9.17, 15) is 20.4 Å². The van der Waals surface area contributed by atoms with Crippen LogP contribution in [-0.4, -0.2) is 67.9 Å². The highest BCUT2D eigenvalue weighted by Gasteiger charge is 2.30.